The minimum atomic E-state index is -0.408. The lowest BCUT2D eigenvalue weighted by molar-refractivity contribution is 0.627. The summed E-state index contributed by atoms with van der Waals surface area (Å²) in [4.78, 5) is 0. The van der Waals surface area contributed by atoms with E-state index in [-0.39, 0.29) is 5.02 Å². The van der Waals surface area contributed by atoms with Gasteiger partial charge in [0.15, 0.2) is 0 Å². The highest BCUT2D eigenvalue weighted by Crippen LogP contribution is 2.20. The van der Waals surface area contributed by atoms with Gasteiger partial charge < -0.3 is 11.1 Å². The van der Waals surface area contributed by atoms with Crippen molar-refractivity contribution < 1.29 is 4.39 Å². The summed E-state index contributed by atoms with van der Waals surface area (Å²) in [6.07, 6.45) is 0. The molecule has 2 aromatic rings. The maximum absolute atomic E-state index is 13.0. The lowest BCUT2D eigenvalue weighted by Crippen LogP contribution is -2.02. The largest absolute Gasteiger partial charge is 0.397 e. The molecule has 2 nitrogen and oxygen atoms in total. The van der Waals surface area contributed by atoms with E-state index in [0.717, 1.165) is 11.3 Å². The first-order valence-electron chi connectivity index (χ1n) is 5.19. The van der Waals surface area contributed by atoms with Crippen LogP contribution in [0.1, 0.15) is 5.56 Å². The van der Waals surface area contributed by atoms with E-state index >= 15 is 0 Å². The summed E-state index contributed by atoms with van der Waals surface area (Å²) in [5, 5.41) is 3.30. The van der Waals surface area contributed by atoms with Crippen LogP contribution < -0.4 is 11.1 Å². The van der Waals surface area contributed by atoms with Gasteiger partial charge in [0.05, 0.1) is 16.4 Å². The van der Waals surface area contributed by atoms with Crippen LogP contribution in [0.5, 0.6) is 0 Å². The first-order valence-corrected chi connectivity index (χ1v) is 5.57. The number of hydrogen-bond donors (Lipinski definition) is 2. The van der Waals surface area contributed by atoms with Gasteiger partial charge in [0.2, 0.25) is 0 Å². The van der Waals surface area contributed by atoms with Crippen LogP contribution in [0.4, 0.5) is 15.8 Å². The Morgan fingerprint density at radius 1 is 1.18 bits per heavy atom. The number of nitrogen functional groups attached to an aromatic ring is 1. The second-order valence-corrected chi connectivity index (χ2v) is 4.10. The Morgan fingerprint density at radius 3 is 2.65 bits per heavy atom. The van der Waals surface area contributed by atoms with E-state index in [9.17, 15) is 4.39 Å². The quantitative estimate of drug-likeness (QED) is 0.816. The van der Waals surface area contributed by atoms with Gasteiger partial charge in [-0.2, -0.15) is 0 Å². The van der Waals surface area contributed by atoms with Gasteiger partial charge in [-0.25, -0.2) is 4.39 Å². The number of hydrogen-bond acceptors (Lipinski definition) is 2. The number of rotatable bonds is 3. The maximum Gasteiger partial charge on any atom is 0.141 e. The van der Waals surface area contributed by atoms with Gasteiger partial charge in [0, 0.05) is 6.54 Å². The molecule has 0 atom stereocenters. The molecule has 0 bridgehead atoms. The molecule has 0 radical (unpaired) electrons. The lowest BCUT2D eigenvalue weighted by atomic mass is 10.2. The van der Waals surface area contributed by atoms with Crippen molar-refractivity contribution >= 4 is 23.0 Å². The van der Waals surface area contributed by atoms with Crippen LogP contribution in [-0.2, 0) is 6.54 Å². The summed E-state index contributed by atoms with van der Waals surface area (Å²) < 4.78 is 13.0. The summed E-state index contributed by atoms with van der Waals surface area (Å²) >= 11 is 5.70. The van der Waals surface area contributed by atoms with Gasteiger partial charge in [0.25, 0.3) is 0 Å². The van der Waals surface area contributed by atoms with Crippen molar-refractivity contribution in [1.29, 1.82) is 0 Å². The number of para-hydroxylation sites is 2. The molecule has 0 aliphatic carbocycles. The van der Waals surface area contributed by atoms with Crippen molar-refractivity contribution in [3.63, 3.8) is 0 Å². The Kier molecular flexibility index (Phi) is 3.49. The average molecular weight is 251 g/mol. The summed E-state index contributed by atoms with van der Waals surface area (Å²) in [6.45, 7) is 0.550. The smallest absolute Gasteiger partial charge is 0.141 e. The molecule has 3 N–H and O–H groups in total. The zero-order valence-electron chi connectivity index (χ0n) is 9.08. The van der Waals surface area contributed by atoms with Crippen LogP contribution in [0.3, 0.4) is 0 Å². The molecule has 2 rings (SSSR count). The highest BCUT2D eigenvalue weighted by molar-refractivity contribution is 6.30. The second-order valence-electron chi connectivity index (χ2n) is 3.69. The van der Waals surface area contributed by atoms with Crippen molar-refractivity contribution in [2.75, 3.05) is 11.1 Å². The van der Waals surface area contributed by atoms with E-state index in [0.29, 0.717) is 12.2 Å². The van der Waals surface area contributed by atoms with E-state index in [1.807, 2.05) is 24.3 Å². The van der Waals surface area contributed by atoms with Gasteiger partial charge in [-0.1, -0.05) is 29.8 Å². The summed E-state index contributed by atoms with van der Waals surface area (Å²) in [5.74, 6) is -0.408. The Bertz CT molecular complexity index is 529. The van der Waals surface area contributed by atoms with Crippen LogP contribution in [-0.4, -0.2) is 0 Å². The fraction of sp³-hybridized carbons (Fsp3) is 0.0769. The minimum absolute atomic E-state index is 0.130. The number of halogens is 2. The zero-order valence-corrected chi connectivity index (χ0v) is 9.84. The summed E-state index contributed by atoms with van der Waals surface area (Å²) in [5.41, 5.74) is 8.23. The molecular formula is C13H12ClFN2. The predicted molar refractivity (Wildman–Crippen MR) is 69.6 cm³/mol. The van der Waals surface area contributed by atoms with Gasteiger partial charge in [-0.3, -0.25) is 0 Å². The average Bonchev–Trinajstić information content (AvgIpc) is 2.32. The number of nitrogens with one attached hydrogen (secondary N) is 1. The third kappa shape index (κ3) is 2.88. The molecule has 17 heavy (non-hydrogen) atoms. The molecular weight excluding hydrogens is 239 g/mol. The monoisotopic (exact) mass is 250 g/mol. The maximum atomic E-state index is 13.0. The molecule has 0 saturated heterocycles. The fourth-order valence-corrected chi connectivity index (χ4v) is 1.71. The lowest BCUT2D eigenvalue weighted by Gasteiger charge is -2.09. The summed E-state index contributed by atoms with van der Waals surface area (Å²) in [7, 11) is 0. The number of nitrogens with two attached hydrogens (primary N) is 1. The predicted octanol–water partition coefficient (Wildman–Crippen LogP) is 3.67. The van der Waals surface area contributed by atoms with Crippen molar-refractivity contribution in [2.24, 2.45) is 0 Å². The van der Waals surface area contributed by atoms with Crippen LogP contribution in [0.15, 0.2) is 42.5 Å². The van der Waals surface area contributed by atoms with Gasteiger partial charge in [-0.15, -0.1) is 0 Å². The van der Waals surface area contributed by atoms with Gasteiger partial charge >= 0.3 is 0 Å². The number of anilines is 2. The van der Waals surface area contributed by atoms with Crippen molar-refractivity contribution in [2.45, 2.75) is 6.54 Å². The third-order valence-corrected chi connectivity index (χ3v) is 2.72. The molecule has 88 valence electrons. The van der Waals surface area contributed by atoms with E-state index < -0.39 is 5.82 Å². The molecule has 0 aromatic heterocycles. The van der Waals surface area contributed by atoms with Crippen molar-refractivity contribution in [1.82, 2.24) is 0 Å². The minimum Gasteiger partial charge on any atom is -0.397 e. The topological polar surface area (TPSA) is 38.0 Å². The van der Waals surface area contributed by atoms with Crippen molar-refractivity contribution in [3.8, 4) is 0 Å². The third-order valence-electron chi connectivity index (χ3n) is 2.43. The standard InChI is InChI=1S/C13H12ClFN2/c14-10-7-9(5-6-11(10)15)8-17-13-4-2-1-3-12(13)16/h1-7,17H,8,16H2. The first-order chi connectivity index (χ1) is 8.16. The van der Waals surface area contributed by atoms with Crippen molar-refractivity contribution in [3.05, 3.63) is 58.9 Å². The molecule has 0 aliphatic rings. The number of benzene rings is 2. The second kappa shape index (κ2) is 5.06. The van der Waals surface area contributed by atoms with Gasteiger partial charge in [-0.05, 0) is 29.8 Å². The molecule has 4 heteroatoms. The van der Waals surface area contributed by atoms with E-state index in [4.69, 9.17) is 17.3 Å². The first kappa shape index (κ1) is 11.7. The molecule has 0 unspecified atom stereocenters. The van der Waals surface area contributed by atoms with Crippen LogP contribution in [0.25, 0.3) is 0 Å². The Balaban J connectivity index is 2.08. The highest BCUT2D eigenvalue weighted by Gasteiger charge is 2.01. The fourth-order valence-electron chi connectivity index (χ4n) is 1.50. The Labute approximate surface area is 104 Å². The molecule has 0 spiro atoms. The van der Waals surface area contributed by atoms with Crippen LogP contribution in [0.2, 0.25) is 5.02 Å². The molecule has 0 fully saturated rings. The SMILES string of the molecule is Nc1ccccc1NCc1ccc(F)c(Cl)c1. The molecule has 0 heterocycles. The van der Waals surface area contributed by atoms with E-state index in [1.165, 1.54) is 6.07 Å². The Hall–Kier alpha value is -1.74. The van der Waals surface area contributed by atoms with E-state index in [1.54, 1.807) is 12.1 Å². The molecule has 0 aliphatic heterocycles. The van der Waals surface area contributed by atoms with Crippen LogP contribution in [0, 0.1) is 5.82 Å². The normalized spacial score (nSPS) is 10.2. The van der Waals surface area contributed by atoms with Crippen LogP contribution >= 0.6 is 11.6 Å². The Morgan fingerprint density at radius 2 is 1.94 bits per heavy atom. The highest BCUT2D eigenvalue weighted by atomic mass is 35.5. The van der Waals surface area contributed by atoms with Gasteiger partial charge in [0.1, 0.15) is 5.82 Å². The summed E-state index contributed by atoms with van der Waals surface area (Å²) in [6, 6.07) is 12.1. The van der Waals surface area contributed by atoms with E-state index in [2.05, 4.69) is 5.32 Å². The molecule has 0 amide bonds. The zero-order chi connectivity index (χ0) is 12.3. The molecule has 2 aromatic carbocycles. The molecule has 0 saturated carbocycles.